The largest absolute Gasteiger partial charge is 0.476 e. The van der Waals surface area contributed by atoms with Crippen molar-refractivity contribution in [3.05, 3.63) is 21.8 Å². The maximum atomic E-state index is 12.5. The second-order valence-electron chi connectivity index (χ2n) is 8.67. The number of nitrogens with one attached hydrogen (secondary N) is 1. The molecule has 2 aromatic heterocycles. The highest BCUT2D eigenvalue weighted by Gasteiger charge is 2.50. The Labute approximate surface area is 179 Å². The van der Waals surface area contributed by atoms with E-state index in [1.54, 1.807) is 5.38 Å². The Kier molecular flexibility index (Phi) is 4.16. The fourth-order valence-corrected chi connectivity index (χ4v) is 6.89. The number of carboxylic acid groups (broad SMARTS) is 1. The summed E-state index contributed by atoms with van der Waals surface area (Å²) in [5.41, 5.74) is 1.34. The van der Waals surface area contributed by atoms with Crippen LogP contribution in [0.4, 0.5) is 11.8 Å². The Morgan fingerprint density at radius 3 is 2.77 bits per heavy atom. The molecule has 3 fully saturated rings. The zero-order chi connectivity index (χ0) is 20.5. The Bertz CT molecular complexity index is 1060. The lowest BCUT2D eigenvalue weighted by molar-refractivity contribution is -0.159. The number of thiazole rings is 1. The zero-order valence-electron chi connectivity index (χ0n) is 16.2. The van der Waals surface area contributed by atoms with E-state index in [-0.39, 0.29) is 11.6 Å². The molecule has 1 saturated carbocycles. The smallest absolute Gasteiger partial charge is 0.355 e. The summed E-state index contributed by atoms with van der Waals surface area (Å²) in [6.07, 6.45) is 2.84. The van der Waals surface area contributed by atoms with E-state index in [2.05, 4.69) is 15.2 Å². The molecule has 5 heterocycles. The molecule has 2 aromatic rings. The lowest BCUT2D eigenvalue weighted by atomic mass is 9.64. The predicted octanol–water partition coefficient (Wildman–Crippen LogP) is 1.49. The van der Waals surface area contributed by atoms with Gasteiger partial charge in [0, 0.05) is 48.0 Å². The summed E-state index contributed by atoms with van der Waals surface area (Å²) < 4.78 is 17.9. The number of aromatic carboxylic acids is 1. The summed E-state index contributed by atoms with van der Waals surface area (Å²) in [5, 5.41) is 15.0. The van der Waals surface area contributed by atoms with E-state index in [0.29, 0.717) is 42.7 Å². The van der Waals surface area contributed by atoms with Crippen molar-refractivity contribution < 1.29 is 18.8 Å². The summed E-state index contributed by atoms with van der Waals surface area (Å²) in [5.74, 6) is 1.17. The van der Waals surface area contributed by atoms with Gasteiger partial charge in [-0.25, -0.2) is 14.8 Å². The van der Waals surface area contributed by atoms with Gasteiger partial charge >= 0.3 is 5.97 Å². The summed E-state index contributed by atoms with van der Waals surface area (Å²) >= 11 is 1.39. The van der Waals surface area contributed by atoms with Crippen molar-refractivity contribution in [1.29, 1.82) is 0 Å². The molecular formula is C19H21N5O4S2. The van der Waals surface area contributed by atoms with Gasteiger partial charge in [0.15, 0.2) is 5.69 Å². The monoisotopic (exact) mass is 447 g/mol. The fourth-order valence-electron chi connectivity index (χ4n) is 4.70. The van der Waals surface area contributed by atoms with Crippen molar-refractivity contribution >= 4 is 39.9 Å². The fraction of sp³-hybridized carbons (Fsp3) is 0.579. The van der Waals surface area contributed by atoms with Crippen LogP contribution in [0.1, 0.15) is 39.9 Å². The SMILES string of the molecule is O=C(O)c1csc(C2CN(c3nc4c(c(NC5CC6(COC6)C5)n3)S(=O)CC4)C2)n1. The first-order valence-corrected chi connectivity index (χ1v) is 12.3. The normalized spacial score (nSPS) is 24.8. The van der Waals surface area contributed by atoms with Crippen LogP contribution in [0.5, 0.6) is 0 Å². The molecule has 0 radical (unpaired) electrons. The van der Waals surface area contributed by atoms with Crippen molar-refractivity contribution in [3.63, 3.8) is 0 Å². The summed E-state index contributed by atoms with van der Waals surface area (Å²) in [7, 11) is -1.05. The first-order chi connectivity index (χ1) is 14.5. The molecule has 0 aromatic carbocycles. The molecule has 1 atom stereocenters. The van der Waals surface area contributed by atoms with Gasteiger partial charge in [-0.2, -0.15) is 4.98 Å². The molecule has 3 aliphatic heterocycles. The van der Waals surface area contributed by atoms with Crippen LogP contribution in [0.2, 0.25) is 0 Å². The van der Waals surface area contributed by atoms with Gasteiger partial charge in [-0.1, -0.05) is 0 Å². The number of aryl methyl sites for hydroxylation is 1. The molecule has 0 amide bonds. The number of nitrogens with zero attached hydrogens (tertiary/aromatic N) is 4. The van der Waals surface area contributed by atoms with Crippen molar-refractivity contribution in [2.45, 2.75) is 36.1 Å². The Morgan fingerprint density at radius 1 is 1.30 bits per heavy atom. The van der Waals surface area contributed by atoms with Gasteiger partial charge in [-0.15, -0.1) is 11.3 Å². The number of ether oxygens (including phenoxy) is 1. The van der Waals surface area contributed by atoms with Gasteiger partial charge in [0.05, 0.1) is 29.7 Å². The van der Waals surface area contributed by atoms with Crippen LogP contribution in [0.25, 0.3) is 0 Å². The summed E-state index contributed by atoms with van der Waals surface area (Å²) in [6, 6.07) is 0.340. The third-order valence-electron chi connectivity index (χ3n) is 6.45. The van der Waals surface area contributed by atoms with Crippen LogP contribution in [0.3, 0.4) is 0 Å². The van der Waals surface area contributed by atoms with E-state index >= 15 is 0 Å². The Balaban J connectivity index is 1.19. The number of carboxylic acids is 1. The van der Waals surface area contributed by atoms with Crippen molar-refractivity contribution in [3.8, 4) is 0 Å². The minimum Gasteiger partial charge on any atom is -0.476 e. The van der Waals surface area contributed by atoms with Crippen LogP contribution in [-0.4, -0.2) is 68.3 Å². The molecule has 11 heteroatoms. The summed E-state index contributed by atoms with van der Waals surface area (Å²) in [4.78, 5) is 27.6. The number of anilines is 2. The van der Waals surface area contributed by atoms with E-state index in [9.17, 15) is 9.00 Å². The minimum atomic E-state index is -1.05. The van der Waals surface area contributed by atoms with Gasteiger partial charge < -0.3 is 20.1 Å². The van der Waals surface area contributed by atoms with Crippen molar-refractivity contribution in [2.24, 2.45) is 5.41 Å². The molecule has 1 spiro atoms. The second kappa shape index (κ2) is 6.69. The van der Waals surface area contributed by atoms with Crippen molar-refractivity contribution in [1.82, 2.24) is 15.0 Å². The highest BCUT2D eigenvalue weighted by molar-refractivity contribution is 7.85. The molecule has 4 aliphatic rings. The molecule has 30 heavy (non-hydrogen) atoms. The number of hydrogen-bond donors (Lipinski definition) is 2. The Morgan fingerprint density at radius 2 is 2.10 bits per heavy atom. The van der Waals surface area contributed by atoms with Crippen LogP contribution in [0.15, 0.2) is 10.3 Å². The lowest BCUT2D eigenvalue weighted by Crippen LogP contribution is -2.56. The average molecular weight is 448 g/mol. The van der Waals surface area contributed by atoms with E-state index in [0.717, 1.165) is 47.5 Å². The summed E-state index contributed by atoms with van der Waals surface area (Å²) in [6.45, 7) is 3.11. The van der Waals surface area contributed by atoms with E-state index < -0.39 is 16.8 Å². The Hall–Kier alpha value is -2.11. The highest BCUT2D eigenvalue weighted by atomic mass is 32.2. The van der Waals surface area contributed by atoms with Crippen LogP contribution >= 0.6 is 11.3 Å². The standard InChI is InChI=1S/C19H21N5O4S2/c25-17(26)13-7-29-16(21-13)10-5-24(6-10)18-22-12-1-2-30(27)14(12)15(23-18)20-11-3-19(4-11)8-28-9-19/h7,10-11H,1-6,8-9H2,(H,25,26)(H,20,22,23). The maximum absolute atomic E-state index is 12.5. The van der Waals surface area contributed by atoms with E-state index in [1.165, 1.54) is 11.3 Å². The van der Waals surface area contributed by atoms with E-state index in [4.69, 9.17) is 19.8 Å². The number of hydrogen-bond acceptors (Lipinski definition) is 9. The second-order valence-corrected chi connectivity index (χ2v) is 11.1. The molecule has 6 rings (SSSR count). The molecule has 2 saturated heterocycles. The molecule has 1 unspecified atom stereocenters. The van der Waals surface area contributed by atoms with Crippen LogP contribution in [-0.2, 0) is 22.0 Å². The van der Waals surface area contributed by atoms with Crippen LogP contribution < -0.4 is 10.2 Å². The molecule has 0 bridgehead atoms. The highest BCUT2D eigenvalue weighted by Crippen LogP contribution is 2.48. The molecule has 2 N–H and O–H groups in total. The van der Waals surface area contributed by atoms with Gasteiger partial charge in [-0.3, -0.25) is 4.21 Å². The van der Waals surface area contributed by atoms with Gasteiger partial charge in [0.2, 0.25) is 5.95 Å². The minimum absolute atomic E-state index is 0.103. The van der Waals surface area contributed by atoms with Crippen LogP contribution in [0, 0.1) is 5.41 Å². The molecule has 1 aliphatic carbocycles. The number of carbonyl (C=O) groups is 1. The first-order valence-electron chi connectivity index (χ1n) is 10.1. The van der Waals surface area contributed by atoms with Gasteiger partial charge in [-0.05, 0) is 12.8 Å². The molecule has 9 nitrogen and oxygen atoms in total. The topological polar surface area (TPSA) is 118 Å². The maximum Gasteiger partial charge on any atom is 0.355 e. The van der Waals surface area contributed by atoms with Gasteiger partial charge in [0.1, 0.15) is 15.7 Å². The predicted molar refractivity (Wildman–Crippen MR) is 111 cm³/mol. The van der Waals surface area contributed by atoms with Crippen molar-refractivity contribution in [2.75, 3.05) is 42.3 Å². The third-order valence-corrected chi connectivity index (χ3v) is 8.91. The number of fused-ring (bicyclic) bond motifs is 1. The van der Waals surface area contributed by atoms with Gasteiger partial charge in [0.25, 0.3) is 0 Å². The number of aromatic nitrogens is 3. The number of rotatable bonds is 5. The zero-order valence-corrected chi connectivity index (χ0v) is 17.8. The quantitative estimate of drug-likeness (QED) is 0.703. The third kappa shape index (κ3) is 2.94. The molecule has 158 valence electrons. The lowest BCUT2D eigenvalue weighted by Gasteiger charge is -2.53. The first kappa shape index (κ1) is 18.6. The molecular weight excluding hydrogens is 426 g/mol. The average Bonchev–Trinajstić information content (AvgIpc) is 3.22. The van der Waals surface area contributed by atoms with E-state index in [1.807, 2.05) is 0 Å².